The molecule has 2 aromatic heterocycles. The SMILES string of the molecule is Cc1cc(C)n(CCN(C)Cc2cc(=O)[nH]c(=O)[nH]2)n1. The molecule has 0 aliphatic rings. The molecule has 108 valence electrons. The van der Waals surface area contributed by atoms with E-state index >= 15 is 0 Å². The van der Waals surface area contributed by atoms with Gasteiger partial charge in [0.2, 0.25) is 0 Å². The Bertz CT molecular complexity index is 669. The van der Waals surface area contributed by atoms with Crippen molar-refractivity contribution >= 4 is 0 Å². The Kier molecular flexibility index (Phi) is 4.19. The maximum absolute atomic E-state index is 11.2. The summed E-state index contributed by atoms with van der Waals surface area (Å²) in [5.41, 5.74) is 1.88. The van der Waals surface area contributed by atoms with Crippen LogP contribution in [0, 0.1) is 13.8 Å². The highest BCUT2D eigenvalue weighted by Crippen LogP contribution is 2.02. The molecule has 7 nitrogen and oxygen atoms in total. The number of nitrogens with zero attached hydrogens (tertiary/aromatic N) is 3. The van der Waals surface area contributed by atoms with Gasteiger partial charge in [0.15, 0.2) is 0 Å². The van der Waals surface area contributed by atoms with Gasteiger partial charge in [-0.1, -0.05) is 0 Å². The van der Waals surface area contributed by atoms with Crippen molar-refractivity contribution in [3.8, 4) is 0 Å². The smallest absolute Gasteiger partial charge is 0.310 e. The van der Waals surface area contributed by atoms with Crippen LogP contribution in [0.1, 0.15) is 17.1 Å². The summed E-state index contributed by atoms with van der Waals surface area (Å²) in [6.07, 6.45) is 0. The van der Waals surface area contributed by atoms with Crippen LogP contribution in [0.3, 0.4) is 0 Å². The van der Waals surface area contributed by atoms with Gasteiger partial charge in [0.25, 0.3) is 5.56 Å². The summed E-state index contributed by atoms with van der Waals surface area (Å²) in [6, 6.07) is 3.44. The number of aryl methyl sites for hydroxylation is 2. The van der Waals surface area contributed by atoms with Crippen molar-refractivity contribution in [3.63, 3.8) is 0 Å². The molecule has 2 N–H and O–H groups in total. The lowest BCUT2D eigenvalue weighted by Crippen LogP contribution is -2.28. The van der Waals surface area contributed by atoms with E-state index in [-0.39, 0.29) is 5.56 Å². The molecule has 20 heavy (non-hydrogen) atoms. The maximum Gasteiger partial charge on any atom is 0.325 e. The van der Waals surface area contributed by atoms with Gasteiger partial charge in [0.05, 0.1) is 12.2 Å². The second-order valence-corrected chi connectivity index (χ2v) is 5.00. The number of rotatable bonds is 5. The van der Waals surface area contributed by atoms with Crippen LogP contribution in [-0.2, 0) is 13.1 Å². The van der Waals surface area contributed by atoms with E-state index in [1.165, 1.54) is 6.07 Å². The van der Waals surface area contributed by atoms with E-state index in [0.717, 1.165) is 24.5 Å². The van der Waals surface area contributed by atoms with Crippen molar-refractivity contribution in [1.29, 1.82) is 0 Å². The first-order chi connectivity index (χ1) is 9.44. The lowest BCUT2D eigenvalue weighted by atomic mass is 10.3. The normalized spacial score (nSPS) is 11.2. The molecule has 0 aliphatic carbocycles. The lowest BCUT2D eigenvalue weighted by Gasteiger charge is -2.16. The molecule has 0 saturated carbocycles. The average molecular weight is 277 g/mol. The summed E-state index contributed by atoms with van der Waals surface area (Å²) >= 11 is 0. The highest BCUT2D eigenvalue weighted by Gasteiger charge is 2.05. The second-order valence-electron chi connectivity index (χ2n) is 5.00. The molecule has 0 spiro atoms. The van der Waals surface area contributed by atoms with Gasteiger partial charge in [-0.25, -0.2) is 4.79 Å². The summed E-state index contributed by atoms with van der Waals surface area (Å²) in [5.74, 6) is 0. The molecule has 0 radical (unpaired) electrons. The van der Waals surface area contributed by atoms with Crippen molar-refractivity contribution in [1.82, 2.24) is 24.6 Å². The van der Waals surface area contributed by atoms with Crippen LogP contribution in [0.5, 0.6) is 0 Å². The number of likely N-dealkylation sites (N-methyl/N-ethyl adjacent to an activating group) is 1. The predicted molar refractivity (Wildman–Crippen MR) is 75.7 cm³/mol. The minimum atomic E-state index is -0.473. The third-order valence-electron chi connectivity index (χ3n) is 3.05. The first-order valence-electron chi connectivity index (χ1n) is 6.46. The third kappa shape index (κ3) is 3.67. The molecule has 0 aromatic carbocycles. The molecular formula is C13H19N5O2. The first-order valence-corrected chi connectivity index (χ1v) is 6.46. The monoisotopic (exact) mass is 277 g/mol. The van der Waals surface area contributed by atoms with Crippen LogP contribution in [-0.4, -0.2) is 38.2 Å². The van der Waals surface area contributed by atoms with Gasteiger partial charge in [-0.2, -0.15) is 5.10 Å². The third-order valence-corrected chi connectivity index (χ3v) is 3.05. The number of hydrogen-bond acceptors (Lipinski definition) is 4. The zero-order valence-corrected chi connectivity index (χ0v) is 11.9. The van der Waals surface area contributed by atoms with Gasteiger partial charge in [-0.15, -0.1) is 0 Å². The van der Waals surface area contributed by atoms with Crippen LogP contribution in [0.25, 0.3) is 0 Å². The fraction of sp³-hybridized carbons (Fsp3) is 0.462. The molecule has 0 unspecified atom stereocenters. The van der Waals surface area contributed by atoms with Crippen molar-refractivity contribution in [2.24, 2.45) is 0 Å². The Balaban J connectivity index is 1.95. The zero-order chi connectivity index (χ0) is 14.7. The molecular weight excluding hydrogens is 258 g/mol. The van der Waals surface area contributed by atoms with E-state index in [1.54, 1.807) is 0 Å². The Hall–Kier alpha value is -2.15. The topological polar surface area (TPSA) is 86.8 Å². The van der Waals surface area contributed by atoms with Crippen molar-refractivity contribution in [3.05, 3.63) is 50.1 Å². The van der Waals surface area contributed by atoms with Gasteiger partial charge in [0, 0.05) is 30.5 Å². The number of H-pyrrole nitrogens is 2. The standard InChI is InChI=1S/C13H19N5O2/c1-9-6-10(2)18(16-9)5-4-17(3)8-11-7-12(19)15-13(20)14-11/h6-7H,4-5,8H2,1-3H3,(H2,14,15,19,20). The molecule has 2 rings (SSSR count). The molecule has 0 aliphatic heterocycles. The summed E-state index contributed by atoms with van der Waals surface area (Å²) in [6.45, 7) is 6.04. The molecule has 7 heteroatoms. The highest BCUT2D eigenvalue weighted by atomic mass is 16.2. The van der Waals surface area contributed by atoms with Gasteiger partial charge in [-0.3, -0.25) is 19.4 Å². The molecule has 0 atom stereocenters. The summed E-state index contributed by atoms with van der Waals surface area (Å²) < 4.78 is 1.95. The second kappa shape index (κ2) is 5.87. The molecule has 0 bridgehead atoms. The van der Waals surface area contributed by atoms with E-state index in [4.69, 9.17) is 0 Å². The van der Waals surface area contributed by atoms with Crippen LogP contribution in [0.4, 0.5) is 0 Å². The van der Waals surface area contributed by atoms with E-state index in [1.807, 2.05) is 36.5 Å². The van der Waals surface area contributed by atoms with Gasteiger partial charge in [-0.05, 0) is 27.0 Å². The minimum absolute atomic E-state index is 0.379. The number of aromatic nitrogens is 4. The average Bonchev–Trinajstić information content (AvgIpc) is 2.64. The largest absolute Gasteiger partial charge is 0.325 e. The molecule has 0 amide bonds. The zero-order valence-electron chi connectivity index (χ0n) is 11.9. The Morgan fingerprint density at radius 3 is 2.60 bits per heavy atom. The van der Waals surface area contributed by atoms with Crippen LogP contribution < -0.4 is 11.2 Å². The molecule has 0 fully saturated rings. The Morgan fingerprint density at radius 1 is 1.25 bits per heavy atom. The molecule has 2 heterocycles. The first kappa shape index (κ1) is 14.3. The fourth-order valence-electron chi connectivity index (χ4n) is 2.14. The van der Waals surface area contributed by atoms with E-state index in [2.05, 4.69) is 15.1 Å². The highest BCUT2D eigenvalue weighted by molar-refractivity contribution is 5.06. The molecule has 0 saturated heterocycles. The van der Waals surface area contributed by atoms with Crippen LogP contribution in [0.15, 0.2) is 21.7 Å². The Labute approximate surface area is 116 Å². The number of nitrogens with one attached hydrogen (secondary N) is 2. The quantitative estimate of drug-likeness (QED) is 0.806. The van der Waals surface area contributed by atoms with Gasteiger partial charge < -0.3 is 4.98 Å². The maximum atomic E-state index is 11.2. The Morgan fingerprint density at radius 2 is 2.00 bits per heavy atom. The van der Waals surface area contributed by atoms with Gasteiger partial charge >= 0.3 is 5.69 Å². The van der Waals surface area contributed by atoms with E-state index in [9.17, 15) is 9.59 Å². The fourth-order valence-corrected chi connectivity index (χ4v) is 2.14. The summed E-state index contributed by atoms with van der Waals surface area (Å²) in [5, 5.41) is 4.39. The minimum Gasteiger partial charge on any atom is -0.310 e. The van der Waals surface area contributed by atoms with Crippen LogP contribution in [0.2, 0.25) is 0 Å². The van der Waals surface area contributed by atoms with Crippen molar-refractivity contribution < 1.29 is 0 Å². The van der Waals surface area contributed by atoms with Gasteiger partial charge in [0.1, 0.15) is 0 Å². The van der Waals surface area contributed by atoms with Crippen molar-refractivity contribution in [2.45, 2.75) is 26.9 Å². The van der Waals surface area contributed by atoms with Crippen LogP contribution >= 0.6 is 0 Å². The van der Waals surface area contributed by atoms with E-state index < -0.39 is 5.69 Å². The summed E-state index contributed by atoms with van der Waals surface area (Å²) in [4.78, 5) is 29.2. The van der Waals surface area contributed by atoms with E-state index in [0.29, 0.717) is 12.2 Å². The number of hydrogen-bond donors (Lipinski definition) is 2. The summed E-state index contributed by atoms with van der Waals surface area (Å²) in [7, 11) is 1.94. The predicted octanol–water partition coefficient (Wildman–Crippen LogP) is 0.00854. The number of aromatic amines is 2. The molecule has 2 aromatic rings. The van der Waals surface area contributed by atoms with Crippen molar-refractivity contribution in [2.75, 3.05) is 13.6 Å². The lowest BCUT2D eigenvalue weighted by molar-refractivity contribution is 0.300.